The van der Waals surface area contributed by atoms with Gasteiger partial charge in [0.25, 0.3) is 0 Å². The van der Waals surface area contributed by atoms with Gasteiger partial charge in [0.1, 0.15) is 5.75 Å². The Balaban J connectivity index is 1.32. The van der Waals surface area contributed by atoms with Crippen LogP contribution in [0.3, 0.4) is 0 Å². The fourth-order valence-corrected chi connectivity index (χ4v) is 5.43. The number of likely N-dealkylation sites (tertiary alicyclic amines) is 1. The number of carbonyl (C=O) groups is 3. The second-order valence-corrected chi connectivity index (χ2v) is 10.4. The maximum Gasteiger partial charge on any atom is 0.349 e. The summed E-state index contributed by atoms with van der Waals surface area (Å²) in [6, 6.07) is 15.1. The largest absolute Gasteiger partial charge is 0.480 e. The molecule has 2 heterocycles. The first-order valence-electron chi connectivity index (χ1n) is 12.4. The van der Waals surface area contributed by atoms with Crippen LogP contribution in [0.4, 0.5) is 16.2 Å². The van der Waals surface area contributed by atoms with Crippen molar-refractivity contribution in [2.24, 2.45) is 5.92 Å². The Kier molecular flexibility index (Phi) is 8.52. The number of carboxylic acids is 2. The minimum atomic E-state index is -1.17. The van der Waals surface area contributed by atoms with E-state index in [1.54, 1.807) is 6.07 Å². The van der Waals surface area contributed by atoms with Gasteiger partial charge in [0.15, 0.2) is 11.5 Å². The summed E-state index contributed by atoms with van der Waals surface area (Å²) in [6.07, 6.45) is 1.79. The summed E-state index contributed by atoms with van der Waals surface area (Å²) in [4.78, 5) is 37.7. The number of aromatic carboxylic acids is 1. The molecule has 1 saturated heterocycles. The second-order valence-electron chi connectivity index (χ2n) is 9.38. The highest BCUT2D eigenvalue weighted by atomic mass is 32.1. The molecule has 0 unspecified atom stereocenters. The maximum absolute atomic E-state index is 12.8. The number of aliphatic carboxylic acids is 1. The molecule has 3 aromatic rings. The number of carboxylic acid groups (broad SMARTS) is 2. The van der Waals surface area contributed by atoms with Crippen molar-refractivity contribution in [2.45, 2.75) is 26.7 Å². The lowest BCUT2D eigenvalue weighted by atomic mass is 9.97. The van der Waals surface area contributed by atoms with E-state index in [1.165, 1.54) is 0 Å². The van der Waals surface area contributed by atoms with Crippen LogP contribution in [-0.4, -0.2) is 59.3 Å². The Hall–Kier alpha value is -4.05. The Morgan fingerprint density at radius 2 is 1.71 bits per heavy atom. The van der Waals surface area contributed by atoms with Crippen molar-refractivity contribution in [2.75, 3.05) is 36.9 Å². The quantitative estimate of drug-likeness (QED) is 0.282. The number of para-hydroxylation sites is 1. The Morgan fingerprint density at radius 3 is 2.37 bits per heavy atom. The number of carbonyl (C=O) groups excluding carboxylic acids is 1. The van der Waals surface area contributed by atoms with Crippen LogP contribution in [0.1, 0.15) is 33.6 Å². The second kappa shape index (κ2) is 12.0. The molecule has 2 amide bonds. The molecule has 4 rings (SSSR count). The molecule has 0 bridgehead atoms. The SMILES string of the molecule is Cc1cccc(C)c1NC(=O)N1CCC(CNc2cccc(-c3cc(OCC(=O)O)c(C(=O)O)s3)c2)CC1. The number of hydrogen-bond acceptors (Lipinski definition) is 6. The van der Waals surface area contributed by atoms with Crippen molar-refractivity contribution >= 4 is 40.7 Å². The molecule has 0 radical (unpaired) electrons. The molecule has 200 valence electrons. The van der Waals surface area contributed by atoms with Crippen molar-refractivity contribution in [1.82, 2.24) is 4.90 Å². The predicted molar refractivity (Wildman–Crippen MR) is 148 cm³/mol. The maximum atomic E-state index is 12.8. The van der Waals surface area contributed by atoms with Gasteiger partial charge in [0.2, 0.25) is 0 Å². The standard InChI is InChI=1S/C28H31N3O6S/c1-17-5-3-6-18(2)25(17)30-28(36)31-11-9-19(10-12-31)15-29-21-8-4-7-20(13-21)23-14-22(37-16-24(32)33)26(38-23)27(34)35/h3-8,13-14,19,29H,9-12,15-16H2,1-2H3,(H,30,36)(H,32,33)(H,34,35). The minimum Gasteiger partial charge on any atom is -0.480 e. The van der Waals surface area contributed by atoms with E-state index in [4.69, 9.17) is 9.84 Å². The Labute approximate surface area is 225 Å². The van der Waals surface area contributed by atoms with Crippen LogP contribution in [0, 0.1) is 19.8 Å². The number of hydrogen-bond donors (Lipinski definition) is 4. The highest BCUT2D eigenvalue weighted by molar-refractivity contribution is 7.17. The number of urea groups is 1. The van der Waals surface area contributed by atoms with Crippen LogP contribution < -0.4 is 15.4 Å². The lowest BCUT2D eigenvalue weighted by Gasteiger charge is -2.32. The van der Waals surface area contributed by atoms with Crippen LogP contribution >= 0.6 is 11.3 Å². The van der Waals surface area contributed by atoms with Gasteiger partial charge in [-0.25, -0.2) is 14.4 Å². The van der Waals surface area contributed by atoms with Crippen molar-refractivity contribution in [3.8, 4) is 16.2 Å². The highest BCUT2D eigenvalue weighted by Gasteiger charge is 2.24. The molecule has 2 aromatic carbocycles. The third-order valence-electron chi connectivity index (χ3n) is 6.60. The fraction of sp³-hybridized carbons (Fsp3) is 0.321. The van der Waals surface area contributed by atoms with Crippen molar-refractivity contribution < 1.29 is 29.3 Å². The molecule has 9 nitrogen and oxygen atoms in total. The zero-order valence-electron chi connectivity index (χ0n) is 21.3. The number of piperidine rings is 1. The third kappa shape index (κ3) is 6.63. The van der Waals surface area contributed by atoms with Crippen molar-refractivity contribution in [3.05, 3.63) is 64.5 Å². The van der Waals surface area contributed by atoms with Crippen molar-refractivity contribution in [1.29, 1.82) is 0 Å². The summed E-state index contributed by atoms with van der Waals surface area (Å²) in [7, 11) is 0. The molecule has 0 atom stereocenters. The van der Waals surface area contributed by atoms with Gasteiger partial charge in [-0.1, -0.05) is 30.3 Å². The van der Waals surface area contributed by atoms with Crippen LogP contribution in [0.25, 0.3) is 10.4 Å². The van der Waals surface area contributed by atoms with Crippen molar-refractivity contribution in [3.63, 3.8) is 0 Å². The number of ether oxygens (including phenoxy) is 1. The first-order valence-corrected chi connectivity index (χ1v) is 13.2. The zero-order chi connectivity index (χ0) is 27.2. The van der Waals surface area contributed by atoms with E-state index in [1.807, 2.05) is 61.2 Å². The Bertz CT molecular complexity index is 1310. The van der Waals surface area contributed by atoms with Gasteiger partial charge < -0.3 is 30.5 Å². The summed E-state index contributed by atoms with van der Waals surface area (Å²) in [5.74, 6) is -1.87. The number of aryl methyl sites for hydroxylation is 2. The summed E-state index contributed by atoms with van der Waals surface area (Å²) in [5, 5.41) is 24.9. The predicted octanol–water partition coefficient (Wildman–Crippen LogP) is 5.55. The van der Waals surface area contributed by atoms with E-state index in [9.17, 15) is 19.5 Å². The highest BCUT2D eigenvalue weighted by Crippen LogP contribution is 2.37. The normalized spacial score (nSPS) is 13.7. The Morgan fingerprint density at radius 1 is 1.03 bits per heavy atom. The monoisotopic (exact) mass is 537 g/mol. The molecular weight excluding hydrogens is 506 g/mol. The van der Waals surface area contributed by atoms with E-state index >= 15 is 0 Å². The number of nitrogens with one attached hydrogen (secondary N) is 2. The lowest BCUT2D eigenvalue weighted by molar-refractivity contribution is -0.139. The minimum absolute atomic E-state index is 0.0343. The van der Waals surface area contributed by atoms with E-state index in [0.717, 1.165) is 58.8 Å². The summed E-state index contributed by atoms with van der Waals surface area (Å²) >= 11 is 1.04. The van der Waals surface area contributed by atoms with Gasteiger partial charge in [-0.15, -0.1) is 11.3 Å². The number of nitrogens with zero attached hydrogens (tertiary/aromatic N) is 1. The van der Waals surface area contributed by atoms with Gasteiger partial charge in [-0.2, -0.15) is 0 Å². The van der Waals surface area contributed by atoms with Crippen LogP contribution in [0.2, 0.25) is 0 Å². The number of thiophene rings is 1. The number of amides is 2. The first-order chi connectivity index (χ1) is 18.2. The lowest BCUT2D eigenvalue weighted by Crippen LogP contribution is -2.42. The number of rotatable bonds is 9. The van der Waals surface area contributed by atoms with Gasteiger partial charge >= 0.3 is 18.0 Å². The van der Waals surface area contributed by atoms with Gasteiger partial charge in [0.05, 0.1) is 0 Å². The van der Waals surface area contributed by atoms with Gasteiger partial charge in [0, 0.05) is 35.9 Å². The van der Waals surface area contributed by atoms with Crippen LogP contribution in [0.5, 0.6) is 5.75 Å². The molecule has 1 aromatic heterocycles. The topological polar surface area (TPSA) is 128 Å². The summed E-state index contributed by atoms with van der Waals surface area (Å²) in [6.45, 7) is 5.51. The molecule has 38 heavy (non-hydrogen) atoms. The van der Waals surface area contributed by atoms with Crippen LogP contribution in [0.15, 0.2) is 48.5 Å². The average Bonchev–Trinajstić information content (AvgIpc) is 3.34. The number of anilines is 2. The van der Waals surface area contributed by atoms with E-state index < -0.39 is 18.5 Å². The smallest absolute Gasteiger partial charge is 0.349 e. The van der Waals surface area contributed by atoms with E-state index in [2.05, 4.69) is 10.6 Å². The summed E-state index contributed by atoms with van der Waals surface area (Å²) in [5.41, 5.74) is 4.68. The summed E-state index contributed by atoms with van der Waals surface area (Å²) < 4.78 is 5.17. The molecule has 0 aliphatic carbocycles. The molecule has 1 aliphatic heterocycles. The third-order valence-corrected chi connectivity index (χ3v) is 7.75. The molecule has 4 N–H and O–H groups in total. The van der Waals surface area contributed by atoms with Gasteiger partial charge in [-0.05, 0) is 67.5 Å². The molecule has 0 saturated carbocycles. The molecule has 0 spiro atoms. The first kappa shape index (κ1) is 27.0. The fourth-order valence-electron chi connectivity index (χ4n) is 4.49. The molecule has 1 fully saturated rings. The zero-order valence-corrected chi connectivity index (χ0v) is 22.1. The number of benzene rings is 2. The average molecular weight is 538 g/mol. The van der Waals surface area contributed by atoms with Crippen LogP contribution in [-0.2, 0) is 4.79 Å². The molecule has 1 aliphatic rings. The van der Waals surface area contributed by atoms with E-state index in [-0.39, 0.29) is 16.7 Å². The van der Waals surface area contributed by atoms with Gasteiger partial charge in [-0.3, -0.25) is 0 Å². The van der Waals surface area contributed by atoms with E-state index in [0.29, 0.717) is 23.9 Å². The molecule has 10 heteroatoms. The molecular formula is C28H31N3O6S.